The third-order valence-electron chi connectivity index (χ3n) is 0.904. The fourth-order valence-corrected chi connectivity index (χ4v) is 2.59. The van der Waals surface area contributed by atoms with Gasteiger partial charge in [0, 0.05) is 11.5 Å². The van der Waals surface area contributed by atoms with Gasteiger partial charge in [-0.2, -0.15) is 0 Å². The summed E-state index contributed by atoms with van der Waals surface area (Å²) in [5.74, 6) is 2.47. The van der Waals surface area contributed by atoms with E-state index >= 15 is 0 Å². The van der Waals surface area contributed by atoms with Crippen LogP contribution in [0.3, 0.4) is 0 Å². The summed E-state index contributed by atoms with van der Waals surface area (Å²) in [7, 11) is 0.157. The van der Waals surface area contributed by atoms with E-state index < -0.39 is 7.82 Å². The first-order valence-corrected chi connectivity index (χ1v) is 8.88. The summed E-state index contributed by atoms with van der Waals surface area (Å²) in [4.78, 5) is 8.63. The van der Waals surface area contributed by atoms with E-state index in [1.807, 2.05) is 21.6 Å². The number of rotatable bonds is 7. The van der Waals surface area contributed by atoms with E-state index in [4.69, 9.17) is 4.89 Å². The van der Waals surface area contributed by atoms with Crippen molar-refractivity contribution in [1.82, 2.24) is 0 Å². The van der Waals surface area contributed by atoms with Crippen LogP contribution < -0.4 is 0 Å². The van der Waals surface area contributed by atoms with Gasteiger partial charge in [-0.1, -0.05) is 35.4 Å². The van der Waals surface area contributed by atoms with Gasteiger partial charge in [-0.05, 0) is 13.8 Å². The lowest BCUT2D eigenvalue weighted by Gasteiger charge is -2.07. The van der Waals surface area contributed by atoms with Crippen LogP contribution in [-0.2, 0) is 13.6 Å². The lowest BCUT2D eigenvalue weighted by Crippen LogP contribution is -1.93. The smallest absolute Gasteiger partial charge is 0.302 e. The fourth-order valence-electron chi connectivity index (χ4n) is 0.530. The quantitative estimate of drug-likeness (QED) is 0.436. The van der Waals surface area contributed by atoms with Crippen LogP contribution in [0.5, 0.6) is 0 Å². The van der Waals surface area contributed by atoms with Crippen LogP contribution >= 0.6 is 29.4 Å². The summed E-state index contributed by atoms with van der Waals surface area (Å²) < 4.78 is 19.2. The predicted octanol–water partition coefficient (Wildman–Crippen LogP) is 3.57. The molecule has 0 atom stereocenters. The van der Waals surface area contributed by atoms with E-state index in [1.165, 1.54) is 11.5 Å². The molecular formula is C8H21O4PS2. The molecule has 0 fully saturated rings. The van der Waals surface area contributed by atoms with Crippen molar-refractivity contribution >= 4 is 29.4 Å². The van der Waals surface area contributed by atoms with E-state index in [1.54, 1.807) is 13.8 Å². The molecule has 0 saturated carbocycles. The average Bonchev–Trinajstić information content (AvgIpc) is 2.15. The fraction of sp³-hybridized carbons (Fsp3) is 1.00. The molecule has 1 N–H and O–H groups in total. The van der Waals surface area contributed by atoms with Crippen molar-refractivity contribution in [3.8, 4) is 0 Å². The number of hydrogen-bond acceptors (Lipinski definition) is 5. The zero-order chi connectivity index (χ0) is 12.2. The van der Waals surface area contributed by atoms with Crippen LogP contribution in [0, 0.1) is 0 Å². The molecule has 0 amide bonds. The SMILES string of the molecule is CCOP(=O)(O)OCC.CCSSCC. The Kier molecular flexibility index (Phi) is 15.6. The van der Waals surface area contributed by atoms with Gasteiger partial charge in [0.1, 0.15) is 0 Å². The molecule has 0 heterocycles. The van der Waals surface area contributed by atoms with Crippen molar-refractivity contribution < 1.29 is 18.5 Å². The van der Waals surface area contributed by atoms with Gasteiger partial charge in [0.2, 0.25) is 0 Å². The maximum atomic E-state index is 10.5. The van der Waals surface area contributed by atoms with E-state index in [9.17, 15) is 4.57 Å². The molecule has 0 radical (unpaired) electrons. The molecule has 0 aromatic heterocycles. The molecule has 0 aliphatic heterocycles. The van der Waals surface area contributed by atoms with Crippen LogP contribution in [0.2, 0.25) is 0 Å². The lowest BCUT2D eigenvalue weighted by molar-refractivity contribution is 0.161. The molecule has 0 aliphatic rings. The molecule has 4 nitrogen and oxygen atoms in total. The first kappa shape index (κ1) is 18.2. The largest absolute Gasteiger partial charge is 0.472 e. The highest BCUT2D eigenvalue weighted by molar-refractivity contribution is 8.76. The summed E-state index contributed by atoms with van der Waals surface area (Å²) in [5, 5.41) is 0. The monoisotopic (exact) mass is 276 g/mol. The highest BCUT2D eigenvalue weighted by Gasteiger charge is 2.17. The van der Waals surface area contributed by atoms with Gasteiger partial charge >= 0.3 is 7.82 Å². The molecular weight excluding hydrogens is 255 g/mol. The third-order valence-corrected chi connectivity index (χ3v) is 4.62. The van der Waals surface area contributed by atoms with Crippen LogP contribution in [0.1, 0.15) is 27.7 Å². The topological polar surface area (TPSA) is 55.8 Å². The van der Waals surface area contributed by atoms with E-state index in [0.29, 0.717) is 0 Å². The van der Waals surface area contributed by atoms with Gasteiger partial charge < -0.3 is 4.89 Å². The number of hydrogen-bond donors (Lipinski definition) is 1. The second-order valence-corrected chi connectivity index (χ2v) is 6.61. The Morgan fingerprint density at radius 1 is 1.00 bits per heavy atom. The van der Waals surface area contributed by atoms with E-state index in [0.717, 1.165) is 0 Å². The highest BCUT2D eigenvalue weighted by atomic mass is 33.1. The predicted molar refractivity (Wildman–Crippen MR) is 69.3 cm³/mol. The number of phosphoric ester groups is 1. The van der Waals surface area contributed by atoms with Gasteiger partial charge in [0.25, 0.3) is 0 Å². The average molecular weight is 276 g/mol. The second kappa shape index (κ2) is 12.9. The van der Waals surface area contributed by atoms with Gasteiger partial charge in [-0.25, -0.2) is 4.57 Å². The lowest BCUT2D eigenvalue weighted by atomic mass is 10.9. The molecule has 7 heteroatoms. The van der Waals surface area contributed by atoms with Crippen LogP contribution in [0.25, 0.3) is 0 Å². The van der Waals surface area contributed by atoms with Gasteiger partial charge in [0.05, 0.1) is 13.2 Å². The minimum atomic E-state index is -3.69. The molecule has 0 spiro atoms. The van der Waals surface area contributed by atoms with Crippen molar-refractivity contribution in [1.29, 1.82) is 0 Å². The Balaban J connectivity index is 0. The second-order valence-electron chi connectivity index (χ2n) is 2.12. The van der Waals surface area contributed by atoms with Gasteiger partial charge in [-0.3, -0.25) is 9.05 Å². The summed E-state index contributed by atoms with van der Waals surface area (Å²) in [6.07, 6.45) is 0. The van der Waals surface area contributed by atoms with Crippen molar-refractivity contribution in [2.75, 3.05) is 24.7 Å². The van der Waals surface area contributed by atoms with Crippen molar-refractivity contribution in [2.45, 2.75) is 27.7 Å². The molecule has 0 aromatic rings. The first-order chi connectivity index (χ1) is 7.04. The van der Waals surface area contributed by atoms with Crippen molar-refractivity contribution in [3.05, 3.63) is 0 Å². The van der Waals surface area contributed by atoms with Crippen molar-refractivity contribution in [2.24, 2.45) is 0 Å². The number of phosphoric acid groups is 1. The van der Waals surface area contributed by atoms with Crippen LogP contribution in [-0.4, -0.2) is 29.6 Å². The highest BCUT2D eigenvalue weighted by Crippen LogP contribution is 2.42. The molecule has 0 rings (SSSR count). The molecule has 0 saturated heterocycles. The summed E-state index contributed by atoms with van der Waals surface area (Å²) >= 11 is 0. The van der Waals surface area contributed by atoms with E-state index in [2.05, 4.69) is 22.9 Å². The van der Waals surface area contributed by atoms with Crippen molar-refractivity contribution in [3.63, 3.8) is 0 Å². The summed E-state index contributed by atoms with van der Waals surface area (Å²) in [5.41, 5.74) is 0. The van der Waals surface area contributed by atoms with Crippen LogP contribution in [0.15, 0.2) is 0 Å². The Labute approximate surface area is 101 Å². The minimum Gasteiger partial charge on any atom is -0.302 e. The van der Waals surface area contributed by atoms with Gasteiger partial charge in [-0.15, -0.1) is 0 Å². The molecule has 0 aliphatic carbocycles. The molecule has 15 heavy (non-hydrogen) atoms. The Morgan fingerprint density at radius 2 is 1.33 bits per heavy atom. The Bertz CT molecular complexity index is 155. The zero-order valence-electron chi connectivity index (χ0n) is 9.76. The Morgan fingerprint density at radius 3 is 1.53 bits per heavy atom. The normalized spacial score (nSPS) is 10.7. The summed E-state index contributed by atoms with van der Waals surface area (Å²) in [6, 6.07) is 0. The van der Waals surface area contributed by atoms with Crippen LogP contribution in [0.4, 0.5) is 0 Å². The minimum absolute atomic E-state index is 0.188. The Hall–Kier alpha value is 0.810. The zero-order valence-corrected chi connectivity index (χ0v) is 12.3. The third kappa shape index (κ3) is 17.4. The van der Waals surface area contributed by atoms with Gasteiger partial charge in [0.15, 0.2) is 0 Å². The first-order valence-electron chi connectivity index (χ1n) is 4.90. The van der Waals surface area contributed by atoms with E-state index in [-0.39, 0.29) is 13.2 Å². The standard InChI is InChI=1S/C4H11O4P.C4H10S2/c1-3-7-9(5,6)8-4-2;1-3-5-6-4-2/h3-4H2,1-2H3,(H,5,6);3-4H2,1-2H3. The molecule has 0 aromatic carbocycles. The summed E-state index contributed by atoms with van der Waals surface area (Å²) in [6.45, 7) is 7.98. The molecule has 0 bridgehead atoms. The molecule has 94 valence electrons. The maximum Gasteiger partial charge on any atom is 0.472 e. The maximum absolute atomic E-state index is 10.5. The molecule has 0 unspecified atom stereocenters.